The van der Waals surface area contributed by atoms with Crippen molar-refractivity contribution in [3.05, 3.63) is 34.9 Å². The molecule has 1 aliphatic rings. The van der Waals surface area contributed by atoms with Gasteiger partial charge in [0.1, 0.15) is 11.5 Å². The minimum Gasteiger partial charge on any atom is -0.543 e. The van der Waals surface area contributed by atoms with E-state index in [0.29, 0.717) is 16.6 Å². The number of allylic oxidation sites excluding steroid dienone is 2. The summed E-state index contributed by atoms with van der Waals surface area (Å²) in [4.78, 5) is 0. The van der Waals surface area contributed by atoms with Gasteiger partial charge >= 0.3 is 0 Å². The van der Waals surface area contributed by atoms with Crippen molar-refractivity contribution in [3.8, 4) is 11.5 Å². The summed E-state index contributed by atoms with van der Waals surface area (Å²) < 4.78 is 18.9. The first-order valence-electron chi connectivity index (χ1n) is 12.0. The smallest absolute Gasteiger partial charge is 0.258 e. The molecule has 0 radical (unpaired) electrons. The van der Waals surface area contributed by atoms with E-state index in [4.69, 9.17) is 13.9 Å². The van der Waals surface area contributed by atoms with Crippen LogP contribution in [-0.4, -0.2) is 27.1 Å². The highest BCUT2D eigenvalue weighted by atomic mass is 28.4. The second-order valence-corrected chi connectivity index (χ2v) is 16.2. The third-order valence-electron chi connectivity index (χ3n) is 7.25. The Morgan fingerprint density at radius 2 is 1.68 bits per heavy atom. The molecule has 2 atom stereocenters. The van der Waals surface area contributed by atoms with Crippen LogP contribution in [0.15, 0.2) is 23.8 Å². The first-order chi connectivity index (χ1) is 14.4. The summed E-state index contributed by atoms with van der Waals surface area (Å²) in [6.45, 7) is 22.7. The predicted molar refractivity (Wildman–Crippen MR) is 135 cm³/mol. The average Bonchev–Trinajstić information content (AvgIpc) is 3.29. The van der Waals surface area contributed by atoms with Gasteiger partial charge in [-0.05, 0) is 74.4 Å². The lowest BCUT2D eigenvalue weighted by molar-refractivity contribution is 0.296. The van der Waals surface area contributed by atoms with Crippen molar-refractivity contribution in [3.63, 3.8) is 0 Å². The molecule has 31 heavy (non-hydrogen) atoms. The summed E-state index contributed by atoms with van der Waals surface area (Å²) in [6, 6.07) is 4.33. The van der Waals surface area contributed by atoms with E-state index >= 15 is 0 Å². The van der Waals surface area contributed by atoms with Gasteiger partial charge in [0.05, 0.1) is 18.8 Å². The number of hydrogen-bond donors (Lipinski definition) is 0. The molecule has 4 heteroatoms. The Morgan fingerprint density at radius 1 is 1.10 bits per heavy atom. The standard InChI is InChI=1S/C27H46O3Si/c1-18(2)13-12-14-27(10)26(29-27)17-24-22(9)15-23(16-25(24)28-11)30-31(19(3)4,20(5)6)21(7)8/h13,15-16,19-21,26H,12,14,17H2,1-11H3/t26-,27?/m0/s1. The van der Waals surface area contributed by atoms with Gasteiger partial charge in [-0.3, -0.25) is 0 Å². The van der Waals surface area contributed by atoms with Crippen LogP contribution < -0.4 is 9.16 Å². The van der Waals surface area contributed by atoms with Crippen LogP contribution in [-0.2, 0) is 11.2 Å². The first kappa shape index (κ1) is 26.0. The SMILES string of the molecule is COc1cc(O[Si](C(C)C)(C(C)C)C(C)C)cc(C)c1C[C@@H]1OC1(C)CCC=C(C)C. The molecule has 0 bridgehead atoms. The van der Waals surface area contributed by atoms with E-state index in [1.54, 1.807) is 7.11 Å². The highest BCUT2D eigenvalue weighted by molar-refractivity contribution is 6.78. The molecule has 0 amide bonds. The van der Waals surface area contributed by atoms with Crippen LogP contribution >= 0.6 is 0 Å². The van der Waals surface area contributed by atoms with Crippen molar-refractivity contribution < 1.29 is 13.9 Å². The molecule has 1 fully saturated rings. The molecule has 0 spiro atoms. The molecular formula is C27H46O3Si. The lowest BCUT2D eigenvalue weighted by atomic mass is 9.94. The van der Waals surface area contributed by atoms with Crippen LogP contribution in [0.3, 0.4) is 0 Å². The van der Waals surface area contributed by atoms with Crippen LogP contribution in [0.25, 0.3) is 0 Å². The van der Waals surface area contributed by atoms with Crippen molar-refractivity contribution in [1.29, 1.82) is 0 Å². The largest absolute Gasteiger partial charge is 0.543 e. The fourth-order valence-electron chi connectivity index (χ4n) is 5.41. The summed E-state index contributed by atoms with van der Waals surface area (Å²) in [5.74, 6) is 1.89. The van der Waals surface area contributed by atoms with E-state index in [0.717, 1.165) is 30.8 Å². The quantitative estimate of drug-likeness (QED) is 0.196. The maximum Gasteiger partial charge on any atom is 0.258 e. The summed E-state index contributed by atoms with van der Waals surface area (Å²) in [7, 11) is -0.231. The molecule has 2 rings (SSSR count). The average molecular weight is 447 g/mol. The van der Waals surface area contributed by atoms with E-state index in [1.165, 1.54) is 16.7 Å². The van der Waals surface area contributed by atoms with Gasteiger partial charge in [0.15, 0.2) is 0 Å². The highest BCUT2D eigenvalue weighted by Crippen LogP contribution is 2.46. The Labute approximate surface area is 192 Å². The van der Waals surface area contributed by atoms with Crippen LogP contribution in [0, 0.1) is 6.92 Å². The van der Waals surface area contributed by atoms with E-state index in [2.05, 4.69) is 87.4 Å². The van der Waals surface area contributed by atoms with Gasteiger partial charge < -0.3 is 13.9 Å². The Morgan fingerprint density at radius 3 is 2.16 bits per heavy atom. The molecule has 176 valence electrons. The van der Waals surface area contributed by atoms with Gasteiger partial charge in [0, 0.05) is 12.5 Å². The molecule has 0 saturated carbocycles. The highest BCUT2D eigenvalue weighted by Gasteiger charge is 2.51. The summed E-state index contributed by atoms with van der Waals surface area (Å²) >= 11 is 0. The van der Waals surface area contributed by atoms with Crippen LogP contribution in [0.2, 0.25) is 16.6 Å². The second kappa shape index (κ2) is 10.1. The Kier molecular flexibility index (Phi) is 8.49. The molecule has 0 aliphatic carbocycles. The summed E-state index contributed by atoms with van der Waals surface area (Å²) in [5.41, 5.74) is 5.46. The molecule has 1 saturated heterocycles. The van der Waals surface area contributed by atoms with Gasteiger partial charge in [-0.2, -0.15) is 0 Å². The number of hydrogen-bond acceptors (Lipinski definition) is 3. The number of aryl methyl sites for hydroxylation is 1. The second-order valence-electron chi connectivity index (χ2n) is 10.8. The van der Waals surface area contributed by atoms with E-state index < -0.39 is 8.32 Å². The third-order valence-corrected chi connectivity index (χ3v) is 13.2. The maximum atomic E-state index is 6.92. The van der Waals surface area contributed by atoms with Gasteiger partial charge in [0.25, 0.3) is 8.32 Å². The first-order valence-corrected chi connectivity index (χ1v) is 14.2. The van der Waals surface area contributed by atoms with Crippen molar-refractivity contribution >= 4 is 8.32 Å². The number of ether oxygens (including phenoxy) is 2. The lowest BCUT2D eigenvalue weighted by Crippen LogP contribution is -2.50. The fourth-order valence-corrected chi connectivity index (χ4v) is 10.6. The topological polar surface area (TPSA) is 31.0 Å². The van der Waals surface area contributed by atoms with Gasteiger partial charge in [-0.25, -0.2) is 0 Å². The van der Waals surface area contributed by atoms with Crippen molar-refractivity contribution in [2.24, 2.45) is 0 Å². The van der Waals surface area contributed by atoms with E-state index in [1.807, 2.05) is 0 Å². The van der Waals surface area contributed by atoms with Crippen LogP contribution in [0.1, 0.15) is 86.3 Å². The maximum absolute atomic E-state index is 6.92. The normalized spacial score (nSPS) is 21.0. The van der Waals surface area contributed by atoms with Crippen molar-refractivity contribution in [2.45, 2.75) is 117 Å². The molecule has 1 aromatic carbocycles. The van der Waals surface area contributed by atoms with Crippen LogP contribution in [0.4, 0.5) is 0 Å². The van der Waals surface area contributed by atoms with Gasteiger partial charge in [-0.15, -0.1) is 0 Å². The van der Waals surface area contributed by atoms with E-state index in [-0.39, 0.29) is 11.7 Å². The van der Waals surface area contributed by atoms with Crippen molar-refractivity contribution in [2.75, 3.05) is 7.11 Å². The zero-order valence-electron chi connectivity index (χ0n) is 21.9. The Balaban J connectivity index is 2.24. The molecule has 1 heterocycles. The molecule has 1 aromatic rings. The molecule has 3 nitrogen and oxygen atoms in total. The zero-order valence-corrected chi connectivity index (χ0v) is 22.9. The molecule has 0 aromatic heterocycles. The summed E-state index contributed by atoms with van der Waals surface area (Å²) in [5, 5.41) is 0. The molecule has 1 unspecified atom stereocenters. The minimum absolute atomic E-state index is 0.0203. The number of benzene rings is 1. The number of rotatable bonds is 11. The molecule has 0 N–H and O–H groups in total. The minimum atomic E-state index is -2.00. The Hall–Kier alpha value is -1.26. The monoisotopic (exact) mass is 446 g/mol. The van der Waals surface area contributed by atoms with Crippen molar-refractivity contribution in [1.82, 2.24) is 0 Å². The van der Waals surface area contributed by atoms with Gasteiger partial charge in [-0.1, -0.05) is 53.2 Å². The Bertz CT molecular complexity index is 755. The molecule has 1 aliphatic heterocycles. The van der Waals surface area contributed by atoms with Crippen LogP contribution in [0.5, 0.6) is 11.5 Å². The predicted octanol–water partition coefficient (Wildman–Crippen LogP) is 8.00. The number of epoxide rings is 1. The van der Waals surface area contributed by atoms with Gasteiger partial charge in [0.2, 0.25) is 0 Å². The third kappa shape index (κ3) is 5.76. The molecular weight excluding hydrogens is 400 g/mol. The van der Waals surface area contributed by atoms with E-state index in [9.17, 15) is 0 Å². The lowest BCUT2D eigenvalue weighted by Gasteiger charge is -2.42. The summed E-state index contributed by atoms with van der Waals surface area (Å²) in [6.07, 6.45) is 5.59. The number of methoxy groups -OCH3 is 1. The zero-order chi connectivity index (χ0) is 23.6. The fraction of sp³-hybridized carbons (Fsp3) is 0.704.